The molecule has 4 rings (SSSR count). The molecule has 0 radical (unpaired) electrons. The number of nitrogens with zero attached hydrogens (tertiary/aromatic N) is 3. The van der Waals surface area contributed by atoms with Gasteiger partial charge >= 0.3 is 0 Å². The summed E-state index contributed by atoms with van der Waals surface area (Å²) >= 11 is 0. The van der Waals surface area contributed by atoms with Crippen molar-refractivity contribution in [1.29, 1.82) is 0 Å². The van der Waals surface area contributed by atoms with Gasteiger partial charge in [0.15, 0.2) is 0 Å². The minimum Gasteiger partial charge on any atom is -0.507 e. The molecule has 3 aliphatic heterocycles. The van der Waals surface area contributed by atoms with E-state index in [1.54, 1.807) is 0 Å². The van der Waals surface area contributed by atoms with Gasteiger partial charge in [-0.25, -0.2) is 0 Å². The lowest BCUT2D eigenvalue weighted by atomic mass is 9.98. The van der Waals surface area contributed by atoms with Crippen molar-refractivity contribution in [3.05, 3.63) is 22.8 Å². The molecule has 2 N–H and O–H groups in total. The van der Waals surface area contributed by atoms with Gasteiger partial charge in [0, 0.05) is 70.0 Å². The summed E-state index contributed by atoms with van der Waals surface area (Å²) < 4.78 is 16.4. The maximum Gasteiger partial charge on any atom is 0.128 e. The molecular formula is C21H33N3O5. The lowest BCUT2D eigenvalue weighted by Gasteiger charge is -2.32. The van der Waals surface area contributed by atoms with E-state index in [1.807, 2.05) is 6.07 Å². The van der Waals surface area contributed by atoms with Crippen LogP contribution in [0.15, 0.2) is 6.07 Å². The molecule has 0 bridgehead atoms. The monoisotopic (exact) mass is 407 g/mol. The van der Waals surface area contributed by atoms with Crippen LogP contribution in [0, 0.1) is 0 Å². The molecule has 3 saturated heterocycles. The van der Waals surface area contributed by atoms with Crippen LogP contribution in [0.2, 0.25) is 0 Å². The quantitative estimate of drug-likeness (QED) is 0.710. The minimum absolute atomic E-state index is 0.183. The van der Waals surface area contributed by atoms with Crippen molar-refractivity contribution in [3.8, 4) is 11.5 Å². The Labute approximate surface area is 172 Å². The molecule has 8 heteroatoms. The number of morpholine rings is 3. The number of rotatable bonds is 6. The maximum atomic E-state index is 11.2. The van der Waals surface area contributed by atoms with E-state index in [2.05, 4.69) is 14.7 Å². The maximum absolute atomic E-state index is 11.2. The van der Waals surface area contributed by atoms with Gasteiger partial charge in [-0.05, 0) is 11.6 Å². The van der Waals surface area contributed by atoms with Crippen LogP contribution in [-0.2, 0) is 33.8 Å². The van der Waals surface area contributed by atoms with Gasteiger partial charge in [0.25, 0.3) is 0 Å². The number of aromatic hydroxyl groups is 2. The van der Waals surface area contributed by atoms with E-state index in [0.717, 1.165) is 76.8 Å². The summed E-state index contributed by atoms with van der Waals surface area (Å²) in [6.07, 6.45) is 0. The lowest BCUT2D eigenvalue weighted by Crippen LogP contribution is -2.38. The first-order valence-corrected chi connectivity index (χ1v) is 10.7. The van der Waals surface area contributed by atoms with E-state index in [-0.39, 0.29) is 11.5 Å². The van der Waals surface area contributed by atoms with Crippen LogP contribution in [0.3, 0.4) is 0 Å². The van der Waals surface area contributed by atoms with E-state index in [0.29, 0.717) is 38.4 Å². The molecule has 0 aromatic heterocycles. The summed E-state index contributed by atoms with van der Waals surface area (Å²) in [6, 6.07) is 1.86. The fourth-order valence-electron chi connectivity index (χ4n) is 4.23. The van der Waals surface area contributed by atoms with Gasteiger partial charge in [0.2, 0.25) is 0 Å². The molecule has 0 unspecified atom stereocenters. The Hall–Kier alpha value is -1.42. The van der Waals surface area contributed by atoms with Crippen LogP contribution in [-0.4, -0.2) is 104 Å². The number of ether oxygens (including phenoxy) is 3. The number of benzene rings is 1. The predicted molar refractivity (Wildman–Crippen MR) is 108 cm³/mol. The Morgan fingerprint density at radius 2 is 1.03 bits per heavy atom. The first-order chi connectivity index (χ1) is 14.2. The van der Waals surface area contributed by atoms with Crippen molar-refractivity contribution in [2.75, 3.05) is 78.9 Å². The highest BCUT2D eigenvalue weighted by Crippen LogP contribution is 2.36. The highest BCUT2D eigenvalue weighted by Gasteiger charge is 2.24. The summed E-state index contributed by atoms with van der Waals surface area (Å²) in [5, 5.41) is 22.0. The third kappa shape index (κ3) is 5.39. The number of phenols is 2. The Bertz CT molecular complexity index is 669. The van der Waals surface area contributed by atoms with Crippen LogP contribution in [0.5, 0.6) is 11.5 Å². The van der Waals surface area contributed by atoms with Crippen molar-refractivity contribution in [1.82, 2.24) is 14.7 Å². The number of hydrogen-bond donors (Lipinski definition) is 2. The molecule has 1 aromatic carbocycles. The molecule has 0 amide bonds. The Morgan fingerprint density at radius 3 is 1.52 bits per heavy atom. The second-order valence-electron chi connectivity index (χ2n) is 8.03. The van der Waals surface area contributed by atoms with E-state index < -0.39 is 0 Å². The zero-order chi connectivity index (χ0) is 20.1. The van der Waals surface area contributed by atoms with Crippen molar-refractivity contribution in [2.45, 2.75) is 19.6 Å². The smallest absolute Gasteiger partial charge is 0.128 e. The molecule has 0 atom stereocenters. The molecule has 8 nitrogen and oxygen atoms in total. The van der Waals surface area contributed by atoms with Crippen LogP contribution in [0.4, 0.5) is 0 Å². The first kappa shape index (κ1) is 20.8. The normalized spacial score (nSPS) is 22.8. The van der Waals surface area contributed by atoms with Crippen molar-refractivity contribution in [3.63, 3.8) is 0 Å². The molecule has 162 valence electrons. The van der Waals surface area contributed by atoms with Gasteiger partial charge in [-0.3, -0.25) is 14.7 Å². The second kappa shape index (κ2) is 10.1. The Morgan fingerprint density at radius 1 is 0.621 bits per heavy atom. The van der Waals surface area contributed by atoms with Crippen LogP contribution in [0.25, 0.3) is 0 Å². The fourth-order valence-corrected chi connectivity index (χ4v) is 4.23. The molecule has 1 aromatic rings. The average Bonchev–Trinajstić information content (AvgIpc) is 2.76. The molecule has 0 aliphatic carbocycles. The van der Waals surface area contributed by atoms with Gasteiger partial charge in [-0.1, -0.05) is 0 Å². The molecule has 29 heavy (non-hydrogen) atoms. The van der Waals surface area contributed by atoms with Gasteiger partial charge in [-0.2, -0.15) is 0 Å². The molecular weight excluding hydrogens is 374 g/mol. The summed E-state index contributed by atoms with van der Waals surface area (Å²) in [7, 11) is 0. The van der Waals surface area contributed by atoms with Gasteiger partial charge in [0.05, 0.1) is 39.6 Å². The van der Waals surface area contributed by atoms with Crippen molar-refractivity contribution in [2.24, 2.45) is 0 Å². The molecule has 3 heterocycles. The standard InChI is InChI=1S/C21H33N3O5/c25-20-13-17(14-22-1-7-27-8-2-22)18(15-23-3-9-28-10-4-23)21(26)19(20)16-24-5-11-29-12-6-24/h13,25-26H,1-12,14-16H2. The van der Waals surface area contributed by atoms with Crippen molar-refractivity contribution < 1.29 is 24.4 Å². The van der Waals surface area contributed by atoms with Gasteiger partial charge < -0.3 is 24.4 Å². The predicted octanol–water partition coefficient (Wildman–Crippen LogP) is 0.594. The number of phenolic OH excluding ortho intramolecular Hbond substituents is 2. The minimum atomic E-state index is 0.183. The van der Waals surface area contributed by atoms with E-state index >= 15 is 0 Å². The van der Waals surface area contributed by atoms with Crippen molar-refractivity contribution >= 4 is 0 Å². The molecule has 0 spiro atoms. The molecule has 0 saturated carbocycles. The van der Waals surface area contributed by atoms with Crippen LogP contribution < -0.4 is 0 Å². The Balaban J connectivity index is 1.59. The van der Waals surface area contributed by atoms with Crippen LogP contribution >= 0.6 is 0 Å². The third-order valence-electron chi connectivity index (χ3n) is 6.05. The van der Waals surface area contributed by atoms with E-state index in [4.69, 9.17) is 14.2 Å². The molecule has 3 aliphatic rings. The highest BCUT2D eigenvalue weighted by molar-refractivity contribution is 5.53. The average molecular weight is 408 g/mol. The van der Waals surface area contributed by atoms with E-state index in [9.17, 15) is 10.2 Å². The number of hydrogen-bond acceptors (Lipinski definition) is 8. The zero-order valence-corrected chi connectivity index (χ0v) is 17.1. The lowest BCUT2D eigenvalue weighted by molar-refractivity contribution is 0.0301. The second-order valence-corrected chi connectivity index (χ2v) is 8.03. The third-order valence-corrected chi connectivity index (χ3v) is 6.05. The summed E-state index contributed by atoms with van der Waals surface area (Å²) in [4.78, 5) is 6.86. The summed E-state index contributed by atoms with van der Waals surface area (Å²) in [5.41, 5.74) is 2.56. The summed E-state index contributed by atoms with van der Waals surface area (Å²) in [5.74, 6) is 0.425. The largest absolute Gasteiger partial charge is 0.507 e. The molecule has 3 fully saturated rings. The first-order valence-electron chi connectivity index (χ1n) is 10.7. The fraction of sp³-hybridized carbons (Fsp3) is 0.714. The summed E-state index contributed by atoms with van der Waals surface area (Å²) in [6.45, 7) is 11.3. The van der Waals surface area contributed by atoms with Gasteiger partial charge in [0.1, 0.15) is 11.5 Å². The van der Waals surface area contributed by atoms with E-state index in [1.165, 1.54) is 0 Å². The van der Waals surface area contributed by atoms with Gasteiger partial charge in [-0.15, -0.1) is 0 Å². The van der Waals surface area contributed by atoms with Crippen LogP contribution in [0.1, 0.15) is 16.7 Å². The highest BCUT2D eigenvalue weighted by atomic mass is 16.5. The SMILES string of the molecule is Oc1cc(CN2CCOCC2)c(CN2CCOCC2)c(O)c1CN1CCOCC1. The Kier molecular flexibility index (Phi) is 7.23. The topological polar surface area (TPSA) is 77.9 Å². The zero-order valence-electron chi connectivity index (χ0n) is 17.1.